The monoisotopic (exact) mass is 465 g/mol. The minimum atomic E-state index is -4.77. The van der Waals surface area contributed by atoms with Crippen LogP contribution in [0.3, 0.4) is 0 Å². The first-order valence-electron chi connectivity index (χ1n) is 9.02. The second-order valence-electron chi connectivity index (χ2n) is 7.12. The SMILES string of the molecule is O=C(NC(c1cccnc1Cl)C1(O)CCC(F)CC1)c1cc(C(F)(F)F)ncc1Cl. The number of carbonyl (C=O) groups excluding carboxylic acids is 1. The van der Waals surface area contributed by atoms with Crippen molar-refractivity contribution in [2.75, 3.05) is 0 Å². The maximum Gasteiger partial charge on any atom is 0.433 e. The summed E-state index contributed by atoms with van der Waals surface area (Å²) in [5.74, 6) is -0.964. The number of nitrogens with zero attached hydrogens (tertiary/aromatic N) is 2. The molecular weight excluding hydrogens is 449 g/mol. The van der Waals surface area contributed by atoms with Gasteiger partial charge in [-0.3, -0.25) is 9.78 Å². The van der Waals surface area contributed by atoms with Crippen molar-refractivity contribution in [2.24, 2.45) is 0 Å². The third kappa shape index (κ3) is 4.84. The molecule has 1 aliphatic carbocycles. The summed E-state index contributed by atoms with van der Waals surface area (Å²) in [6.07, 6.45) is -3.57. The highest BCUT2D eigenvalue weighted by Gasteiger charge is 2.43. The van der Waals surface area contributed by atoms with E-state index in [4.69, 9.17) is 23.2 Å². The standard InChI is InChI=1S/C19H17Cl2F4N3O2/c20-13-9-27-14(19(23,24)25)8-12(13)17(29)28-15(11-2-1-7-26-16(11)21)18(30)5-3-10(22)4-6-18/h1-2,7-10,15,30H,3-6H2,(H,28,29). The Morgan fingerprint density at radius 3 is 2.53 bits per heavy atom. The van der Waals surface area contributed by atoms with Crippen LogP contribution in [-0.4, -0.2) is 32.8 Å². The smallest absolute Gasteiger partial charge is 0.387 e. The van der Waals surface area contributed by atoms with Crippen LogP contribution in [0.1, 0.15) is 53.3 Å². The summed E-state index contributed by atoms with van der Waals surface area (Å²) in [6, 6.07) is 2.44. The maximum absolute atomic E-state index is 13.6. The van der Waals surface area contributed by atoms with Gasteiger partial charge in [0.25, 0.3) is 5.91 Å². The van der Waals surface area contributed by atoms with E-state index in [2.05, 4.69) is 15.3 Å². The molecule has 5 nitrogen and oxygen atoms in total. The molecule has 1 unspecified atom stereocenters. The van der Waals surface area contributed by atoms with Crippen molar-refractivity contribution in [2.45, 2.75) is 49.7 Å². The van der Waals surface area contributed by atoms with Crippen molar-refractivity contribution in [3.63, 3.8) is 0 Å². The predicted molar refractivity (Wildman–Crippen MR) is 102 cm³/mol. The van der Waals surface area contributed by atoms with E-state index in [1.807, 2.05) is 0 Å². The Hall–Kier alpha value is -1.97. The first kappa shape index (κ1) is 22.7. The van der Waals surface area contributed by atoms with Gasteiger partial charge in [0.1, 0.15) is 17.0 Å². The summed E-state index contributed by atoms with van der Waals surface area (Å²) in [7, 11) is 0. The number of alkyl halides is 4. The first-order valence-corrected chi connectivity index (χ1v) is 9.77. The Labute approximate surface area is 179 Å². The summed E-state index contributed by atoms with van der Waals surface area (Å²) in [6.45, 7) is 0. The molecule has 2 aromatic rings. The Bertz CT molecular complexity index is 934. The minimum absolute atomic E-state index is 0.00426. The zero-order valence-electron chi connectivity index (χ0n) is 15.4. The van der Waals surface area contributed by atoms with Crippen molar-refractivity contribution in [1.82, 2.24) is 15.3 Å². The van der Waals surface area contributed by atoms with E-state index in [9.17, 15) is 27.5 Å². The zero-order chi connectivity index (χ0) is 22.1. The molecule has 0 radical (unpaired) electrons. The van der Waals surface area contributed by atoms with Crippen molar-refractivity contribution in [3.05, 3.63) is 57.6 Å². The lowest BCUT2D eigenvalue weighted by molar-refractivity contribution is -0.141. The van der Waals surface area contributed by atoms with Gasteiger partial charge in [0.05, 0.1) is 22.2 Å². The largest absolute Gasteiger partial charge is 0.433 e. The fourth-order valence-corrected chi connectivity index (χ4v) is 3.88. The van der Waals surface area contributed by atoms with E-state index < -0.39 is 41.2 Å². The van der Waals surface area contributed by atoms with Crippen LogP contribution in [-0.2, 0) is 6.18 Å². The average Bonchev–Trinajstić information content (AvgIpc) is 2.68. The molecule has 1 atom stereocenters. The van der Waals surface area contributed by atoms with Crippen LogP contribution in [0.25, 0.3) is 0 Å². The van der Waals surface area contributed by atoms with E-state index in [1.54, 1.807) is 0 Å². The van der Waals surface area contributed by atoms with Crippen LogP contribution in [0, 0.1) is 0 Å². The summed E-state index contributed by atoms with van der Waals surface area (Å²) in [5, 5.41) is 13.4. The number of amides is 1. The topological polar surface area (TPSA) is 75.1 Å². The van der Waals surface area contributed by atoms with E-state index in [-0.39, 0.29) is 41.4 Å². The van der Waals surface area contributed by atoms with Crippen LogP contribution < -0.4 is 5.32 Å². The number of nitrogens with one attached hydrogen (secondary N) is 1. The summed E-state index contributed by atoms with van der Waals surface area (Å²) < 4.78 is 52.6. The molecule has 0 aliphatic heterocycles. The second-order valence-corrected chi connectivity index (χ2v) is 7.88. The lowest BCUT2D eigenvalue weighted by Crippen LogP contribution is -2.48. The van der Waals surface area contributed by atoms with Gasteiger partial charge in [0, 0.05) is 18.0 Å². The normalized spacial score (nSPS) is 23.1. The van der Waals surface area contributed by atoms with Crippen molar-refractivity contribution >= 4 is 29.1 Å². The maximum atomic E-state index is 13.6. The Kier molecular flexibility index (Phi) is 6.54. The number of aromatic nitrogens is 2. The number of halogens is 6. The van der Waals surface area contributed by atoms with Crippen LogP contribution >= 0.6 is 23.2 Å². The van der Waals surface area contributed by atoms with Crippen molar-refractivity contribution in [1.29, 1.82) is 0 Å². The number of hydrogen-bond acceptors (Lipinski definition) is 4. The first-order chi connectivity index (χ1) is 14.0. The van der Waals surface area contributed by atoms with Gasteiger partial charge in [-0.25, -0.2) is 9.37 Å². The Morgan fingerprint density at radius 1 is 1.27 bits per heavy atom. The van der Waals surface area contributed by atoms with E-state index in [0.29, 0.717) is 6.07 Å². The fourth-order valence-electron chi connectivity index (χ4n) is 3.46. The molecule has 2 aromatic heterocycles. The lowest BCUT2D eigenvalue weighted by Gasteiger charge is -2.40. The van der Waals surface area contributed by atoms with Gasteiger partial charge in [-0.1, -0.05) is 29.3 Å². The molecule has 0 saturated heterocycles. The molecule has 1 saturated carbocycles. The molecule has 1 aliphatic rings. The number of pyridine rings is 2. The molecule has 162 valence electrons. The van der Waals surface area contributed by atoms with Gasteiger partial charge in [-0.05, 0) is 37.8 Å². The summed E-state index contributed by atoms with van der Waals surface area (Å²) in [5.41, 5.74) is -3.07. The fraction of sp³-hybridized carbons (Fsp3) is 0.421. The Morgan fingerprint density at radius 2 is 1.93 bits per heavy atom. The quantitative estimate of drug-likeness (QED) is 0.496. The van der Waals surface area contributed by atoms with Gasteiger partial charge in [-0.15, -0.1) is 0 Å². The van der Waals surface area contributed by atoms with E-state index in [1.165, 1.54) is 18.3 Å². The van der Waals surface area contributed by atoms with Gasteiger partial charge in [0.2, 0.25) is 0 Å². The van der Waals surface area contributed by atoms with Crippen molar-refractivity contribution < 1.29 is 27.5 Å². The summed E-state index contributed by atoms with van der Waals surface area (Å²) >= 11 is 12.0. The van der Waals surface area contributed by atoms with Crippen LogP contribution in [0.15, 0.2) is 30.6 Å². The highest BCUT2D eigenvalue weighted by Crippen LogP contribution is 2.41. The van der Waals surface area contributed by atoms with Crippen molar-refractivity contribution in [3.8, 4) is 0 Å². The molecule has 30 heavy (non-hydrogen) atoms. The lowest BCUT2D eigenvalue weighted by atomic mass is 9.76. The molecule has 0 spiro atoms. The third-order valence-corrected chi connectivity index (χ3v) is 5.70. The molecule has 0 aromatic carbocycles. The van der Waals surface area contributed by atoms with Crippen LogP contribution in [0.2, 0.25) is 10.2 Å². The van der Waals surface area contributed by atoms with E-state index >= 15 is 0 Å². The van der Waals surface area contributed by atoms with Gasteiger partial charge in [-0.2, -0.15) is 13.2 Å². The number of carbonyl (C=O) groups is 1. The Balaban J connectivity index is 1.98. The molecule has 2 heterocycles. The van der Waals surface area contributed by atoms with Gasteiger partial charge in [0.15, 0.2) is 0 Å². The number of aliphatic hydroxyl groups is 1. The highest BCUT2D eigenvalue weighted by atomic mass is 35.5. The molecule has 1 fully saturated rings. The second kappa shape index (κ2) is 8.64. The van der Waals surface area contributed by atoms with Crippen LogP contribution in [0.4, 0.5) is 17.6 Å². The number of rotatable bonds is 4. The molecule has 2 N–H and O–H groups in total. The van der Waals surface area contributed by atoms with Gasteiger partial charge < -0.3 is 10.4 Å². The molecular formula is C19H17Cl2F4N3O2. The molecule has 0 bridgehead atoms. The zero-order valence-corrected chi connectivity index (χ0v) is 16.9. The van der Waals surface area contributed by atoms with Gasteiger partial charge >= 0.3 is 6.18 Å². The molecule has 3 rings (SSSR count). The van der Waals surface area contributed by atoms with Crippen LogP contribution in [0.5, 0.6) is 0 Å². The predicted octanol–water partition coefficient (Wildman–Crippen LogP) is 4.92. The molecule has 1 amide bonds. The summed E-state index contributed by atoms with van der Waals surface area (Å²) in [4.78, 5) is 20.0. The highest BCUT2D eigenvalue weighted by molar-refractivity contribution is 6.33. The third-order valence-electron chi connectivity index (χ3n) is 5.08. The number of hydrogen-bond donors (Lipinski definition) is 2. The average molecular weight is 466 g/mol. The minimum Gasteiger partial charge on any atom is -0.387 e. The van der Waals surface area contributed by atoms with E-state index in [0.717, 1.165) is 6.20 Å². The molecule has 11 heteroatoms.